The van der Waals surface area contributed by atoms with Crippen LogP contribution in [-0.2, 0) is 0 Å². The summed E-state index contributed by atoms with van der Waals surface area (Å²) in [5, 5.41) is 3.40. The molecule has 1 aromatic carbocycles. The highest BCUT2D eigenvalue weighted by Crippen LogP contribution is 2.21. The Morgan fingerprint density at radius 3 is 2.76 bits per heavy atom. The third-order valence-corrected chi connectivity index (χ3v) is 3.24. The Morgan fingerprint density at radius 2 is 2.12 bits per heavy atom. The first-order valence-corrected chi connectivity index (χ1v) is 6.22. The van der Waals surface area contributed by atoms with E-state index in [0.717, 1.165) is 10.4 Å². The number of aryl methyl sites for hydroxylation is 2. The summed E-state index contributed by atoms with van der Waals surface area (Å²) < 4.78 is 4.06. The average Bonchev–Trinajstić information content (AvgIpc) is 2.70. The van der Waals surface area contributed by atoms with E-state index in [1.54, 1.807) is 18.2 Å². The summed E-state index contributed by atoms with van der Waals surface area (Å²) in [4.78, 5) is 12.9. The molecule has 17 heavy (non-hydrogen) atoms. The molecule has 2 aromatic rings. The molecule has 0 unspecified atom stereocenters. The first-order chi connectivity index (χ1) is 8.06. The van der Waals surface area contributed by atoms with Crippen LogP contribution >= 0.6 is 23.1 Å². The minimum absolute atomic E-state index is 0.209. The van der Waals surface area contributed by atoms with Crippen LogP contribution in [0.25, 0.3) is 0 Å². The molecule has 1 N–H and O–H groups in total. The Bertz CT molecular complexity index is 565. The molecule has 88 valence electrons. The Kier molecular flexibility index (Phi) is 3.45. The van der Waals surface area contributed by atoms with Gasteiger partial charge in [0.25, 0.3) is 5.91 Å². The molecule has 3 nitrogen and oxygen atoms in total. The zero-order valence-corrected chi connectivity index (χ0v) is 11.0. The first kappa shape index (κ1) is 12.1. The first-order valence-electron chi connectivity index (χ1n) is 5.07. The average molecular weight is 267 g/mol. The molecular weight excluding hydrogens is 256 g/mol. The standard InChI is InChI=1S/C12H11ClN2OS/c1-7-3-4-9(13)6-10(7)14-12(16)11-5-8(2)17-15-11/h3-6H,1-2H3,(H,14,16). The number of benzene rings is 1. The van der Waals surface area contributed by atoms with Crippen LogP contribution in [-0.4, -0.2) is 10.3 Å². The summed E-state index contributed by atoms with van der Waals surface area (Å²) >= 11 is 7.20. The summed E-state index contributed by atoms with van der Waals surface area (Å²) in [6.45, 7) is 3.83. The number of halogens is 1. The number of hydrogen-bond acceptors (Lipinski definition) is 3. The van der Waals surface area contributed by atoms with E-state index in [-0.39, 0.29) is 5.91 Å². The Hall–Kier alpha value is -1.39. The van der Waals surface area contributed by atoms with E-state index in [0.29, 0.717) is 16.4 Å². The van der Waals surface area contributed by atoms with Crippen molar-refractivity contribution in [2.75, 3.05) is 5.32 Å². The number of carbonyl (C=O) groups excluding carboxylic acids is 1. The molecule has 5 heteroatoms. The molecule has 1 amide bonds. The number of nitrogens with one attached hydrogen (secondary N) is 1. The van der Waals surface area contributed by atoms with E-state index >= 15 is 0 Å². The van der Waals surface area contributed by atoms with Crippen molar-refractivity contribution in [2.24, 2.45) is 0 Å². The summed E-state index contributed by atoms with van der Waals surface area (Å²) in [5.41, 5.74) is 2.12. The van der Waals surface area contributed by atoms with E-state index in [1.807, 2.05) is 19.9 Å². The van der Waals surface area contributed by atoms with Gasteiger partial charge in [0, 0.05) is 15.6 Å². The van der Waals surface area contributed by atoms with Gasteiger partial charge in [-0.3, -0.25) is 4.79 Å². The van der Waals surface area contributed by atoms with Crippen molar-refractivity contribution in [3.8, 4) is 0 Å². The lowest BCUT2D eigenvalue weighted by Gasteiger charge is -2.07. The summed E-state index contributed by atoms with van der Waals surface area (Å²) in [7, 11) is 0. The zero-order chi connectivity index (χ0) is 12.4. The van der Waals surface area contributed by atoms with Gasteiger partial charge in [0.05, 0.1) is 0 Å². The molecule has 0 spiro atoms. The van der Waals surface area contributed by atoms with Crippen molar-refractivity contribution in [3.63, 3.8) is 0 Å². The second kappa shape index (κ2) is 4.85. The van der Waals surface area contributed by atoms with E-state index in [4.69, 9.17) is 11.6 Å². The van der Waals surface area contributed by atoms with Gasteiger partial charge in [-0.25, -0.2) is 0 Å². The molecule has 0 aliphatic heterocycles. The maximum atomic E-state index is 11.9. The van der Waals surface area contributed by atoms with Gasteiger partial charge in [0.1, 0.15) is 5.69 Å². The van der Waals surface area contributed by atoms with E-state index in [1.165, 1.54) is 11.5 Å². The Morgan fingerprint density at radius 1 is 1.35 bits per heavy atom. The SMILES string of the molecule is Cc1cc(C(=O)Nc2cc(Cl)ccc2C)ns1. The molecule has 0 saturated carbocycles. The molecule has 0 radical (unpaired) electrons. The van der Waals surface area contributed by atoms with Crippen LogP contribution in [0.3, 0.4) is 0 Å². The molecule has 0 fully saturated rings. The predicted octanol–water partition coefficient (Wildman–Crippen LogP) is 3.67. The summed E-state index contributed by atoms with van der Waals surface area (Å²) in [6, 6.07) is 7.15. The topological polar surface area (TPSA) is 42.0 Å². The van der Waals surface area contributed by atoms with Crippen LogP contribution < -0.4 is 5.32 Å². The van der Waals surface area contributed by atoms with Crippen molar-refractivity contribution >= 4 is 34.7 Å². The van der Waals surface area contributed by atoms with Crippen LogP contribution in [0.4, 0.5) is 5.69 Å². The van der Waals surface area contributed by atoms with E-state index < -0.39 is 0 Å². The zero-order valence-electron chi connectivity index (χ0n) is 9.45. The quantitative estimate of drug-likeness (QED) is 0.901. The Balaban J connectivity index is 2.21. The molecule has 1 aromatic heterocycles. The highest BCUT2D eigenvalue weighted by molar-refractivity contribution is 7.05. The van der Waals surface area contributed by atoms with Crippen molar-refractivity contribution in [1.29, 1.82) is 0 Å². The third kappa shape index (κ3) is 2.84. The van der Waals surface area contributed by atoms with Crippen LogP contribution in [0.5, 0.6) is 0 Å². The number of amides is 1. The number of aromatic nitrogens is 1. The second-order valence-electron chi connectivity index (χ2n) is 3.74. The van der Waals surface area contributed by atoms with Gasteiger partial charge in [-0.05, 0) is 49.1 Å². The highest BCUT2D eigenvalue weighted by atomic mass is 35.5. The number of carbonyl (C=O) groups is 1. The molecule has 2 rings (SSSR count). The fourth-order valence-electron chi connectivity index (χ4n) is 1.39. The summed E-state index contributed by atoms with van der Waals surface area (Å²) in [5.74, 6) is -0.209. The highest BCUT2D eigenvalue weighted by Gasteiger charge is 2.11. The second-order valence-corrected chi connectivity index (χ2v) is 5.18. The number of hydrogen-bond donors (Lipinski definition) is 1. The Labute approximate surface area is 109 Å². The minimum atomic E-state index is -0.209. The van der Waals surface area contributed by atoms with Gasteiger partial charge in [0.2, 0.25) is 0 Å². The monoisotopic (exact) mass is 266 g/mol. The van der Waals surface area contributed by atoms with Gasteiger partial charge in [-0.1, -0.05) is 17.7 Å². The van der Waals surface area contributed by atoms with Gasteiger partial charge >= 0.3 is 0 Å². The number of anilines is 1. The predicted molar refractivity (Wildman–Crippen MR) is 71.0 cm³/mol. The molecule has 0 aliphatic rings. The van der Waals surface area contributed by atoms with Crippen LogP contribution in [0.1, 0.15) is 20.9 Å². The molecule has 0 aliphatic carbocycles. The van der Waals surface area contributed by atoms with Gasteiger partial charge in [-0.2, -0.15) is 4.37 Å². The molecule has 0 saturated heterocycles. The smallest absolute Gasteiger partial charge is 0.275 e. The van der Waals surface area contributed by atoms with Gasteiger partial charge < -0.3 is 5.32 Å². The number of nitrogens with zero attached hydrogens (tertiary/aromatic N) is 1. The van der Waals surface area contributed by atoms with Crippen molar-refractivity contribution in [2.45, 2.75) is 13.8 Å². The molecular formula is C12H11ClN2OS. The maximum Gasteiger partial charge on any atom is 0.275 e. The largest absolute Gasteiger partial charge is 0.320 e. The van der Waals surface area contributed by atoms with Crippen molar-refractivity contribution < 1.29 is 4.79 Å². The van der Waals surface area contributed by atoms with Crippen LogP contribution in [0.2, 0.25) is 5.02 Å². The van der Waals surface area contributed by atoms with E-state index in [2.05, 4.69) is 9.69 Å². The fourth-order valence-corrected chi connectivity index (χ4v) is 2.10. The van der Waals surface area contributed by atoms with Gasteiger partial charge in [0.15, 0.2) is 0 Å². The lowest BCUT2D eigenvalue weighted by Crippen LogP contribution is -2.12. The molecule has 1 heterocycles. The van der Waals surface area contributed by atoms with Crippen molar-refractivity contribution in [1.82, 2.24) is 4.37 Å². The molecule has 0 atom stereocenters. The van der Waals surface area contributed by atoms with Gasteiger partial charge in [-0.15, -0.1) is 0 Å². The minimum Gasteiger partial charge on any atom is -0.320 e. The molecule has 0 bridgehead atoms. The van der Waals surface area contributed by atoms with Crippen LogP contribution in [0, 0.1) is 13.8 Å². The lowest BCUT2D eigenvalue weighted by molar-refractivity contribution is 0.102. The van der Waals surface area contributed by atoms with Crippen molar-refractivity contribution in [3.05, 3.63) is 45.4 Å². The number of rotatable bonds is 2. The van der Waals surface area contributed by atoms with Crippen LogP contribution in [0.15, 0.2) is 24.3 Å². The maximum absolute atomic E-state index is 11.9. The third-order valence-electron chi connectivity index (χ3n) is 2.31. The van der Waals surface area contributed by atoms with E-state index in [9.17, 15) is 4.79 Å². The lowest BCUT2D eigenvalue weighted by atomic mass is 10.2. The summed E-state index contributed by atoms with van der Waals surface area (Å²) in [6.07, 6.45) is 0. The normalized spacial score (nSPS) is 10.3. The fraction of sp³-hybridized carbons (Fsp3) is 0.167.